The van der Waals surface area contributed by atoms with Crippen molar-refractivity contribution < 1.29 is 0 Å². The third kappa shape index (κ3) is 2.46. The second-order valence-corrected chi connectivity index (χ2v) is 4.95. The maximum absolute atomic E-state index is 5.71. The smallest absolute Gasteiger partial charge is 0.130 e. The van der Waals surface area contributed by atoms with E-state index < -0.39 is 0 Å². The molecule has 0 atom stereocenters. The molecular weight excluding hydrogens is 198 g/mol. The summed E-state index contributed by atoms with van der Waals surface area (Å²) in [6, 6.07) is 6.47. The van der Waals surface area contributed by atoms with Gasteiger partial charge >= 0.3 is 0 Å². The van der Waals surface area contributed by atoms with E-state index in [0.717, 1.165) is 11.7 Å². The van der Waals surface area contributed by atoms with Gasteiger partial charge in [-0.05, 0) is 43.7 Å². The second kappa shape index (κ2) is 4.73. The Balaban J connectivity index is 2.04. The van der Waals surface area contributed by atoms with Gasteiger partial charge in [0.2, 0.25) is 0 Å². The number of anilines is 2. The lowest BCUT2D eigenvalue weighted by atomic mass is 9.87. The Kier molecular flexibility index (Phi) is 3.32. The molecule has 88 valence electrons. The quantitative estimate of drug-likeness (QED) is 0.831. The van der Waals surface area contributed by atoms with Gasteiger partial charge in [0, 0.05) is 13.1 Å². The summed E-state index contributed by atoms with van der Waals surface area (Å²) in [5.41, 5.74) is 5.71. The van der Waals surface area contributed by atoms with Gasteiger partial charge in [0.05, 0.1) is 0 Å². The van der Waals surface area contributed by atoms with E-state index in [1.807, 2.05) is 18.2 Å². The zero-order valence-corrected chi connectivity index (χ0v) is 10.2. The third-order valence-electron chi connectivity index (χ3n) is 3.65. The molecule has 0 aliphatic heterocycles. The van der Waals surface area contributed by atoms with Crippen LogP contribution >= 0.6 is 0 Å². The van der Waals surface area contributed by atoms with Crippen LogP contribution in [0.5, 0.6) is 0 Å². The average molecular weight is 219 g/mol. The molecule has 3 heteroatoms. The van der Waals surface area contributed by atoms with E-state index in [1.54, 1.807) is 0 Å². The van der Waals surface area contributed by atoms with Gasteiger partial charge in [-0.2, -0.15) is 0 Å². The van der Waals surface area contributed by atoms with Gasteiger partial charge in [0.25, 0.3) is 0 Å². The number of rotatable bonds is 2. The van der Waals surface area contributed by atoms with Crippen molar-refractivity contribution in [3.63, 3.8) is 0 Å². The average Bonchev–Trinajstić information content (AvgIpc) is 2.29. The van der Waals surface area contributed by atoms with E-state index in [-0.39, 0.29) is 0 Å². The van der Waals surface area contributed by atoms with Crippen molar-refractivity contribution in [3.05, 3.63) is 18.2 Å². The molecule has 1 aromatic heterocycles. The van der Waals surface area contributed by atoms with Gasteiger partial charge < -0.3 is 10.6 Å². The molecule has 0 bridgehead atoms. The fourth-order valence-electron chi connectivity index (χ4n) is 2.45. The van der Waals surface area contributed by atoms with Crippen molar-refractivity contribution in [2.45, 2.75) is 38.6 Å². The van der Waals surface area contributed by atoms with Crippen LogP contribution in [-0.2, 0) is 0 Å². The maximum Gasteiger partial charge on any atom is 0.130 e. The summed E-state index contributed by atoms with van der Waals surface area (Å²) in [4.78, 5) is 6.65. The van der Waals surface area contributed by atoms with Crippen LogP contribution in [0, 0.1) is 5.92 Å². The topological polar surface area (TPSA) is 42.1 Å². The van der Waals surface area contributed by atoms with Gasteiger partial charge in [-0.1, -0.05) is 13.0 Å². The lowest BCUT2D eigenvalue weighted by Crippen LogP contribution is -2.35. The number of pyridine rings is 1. The molecule has 1 heterocycles. The predicted octanol–water partition coefficient (Wildman–Crippen LogP) is 2.68. The van der Waals surface area contributed by atoms with Gasteiger partial charge in [-0.25, -0.2) is 4.98 Å². The molecule has 3 nitrogen and oxygen atoms in total. The highest BCUT2D eigenvalue weighted by Crippen LogP contribution is 2.28. The fourth-order valence-corrected chi connectivity index (χ4v) is 2.45. The highest BCUT2D eigenvalue weighted by Gasteiger charge is 2.22. The van der Waals surface area contributed by atoms with Gasteiger partial charge in [-0.15, -0.1) is 0 Å². The zero-order valence-electron chi connectivity index (χ0n) is 10.2. The van der Waals surface area contributed by atoms with Crippen molar-refractivity contribution >= 4 is 11.6 Å². The maximum atomic E-state index is 5.71. The van der Waals surface area contributed by atoms with E-state index in [9.17, 15) is 0 Å². The lowest BCUT2D eigenvalue weighted by molar-refractivity contribution is 0.340. The highest BCUT2D eigenvalue weighted by atomic mass is 15.2. The van der Waals surface area contributed by atoms with Crippen LogP contribution in [0.4, 0.5) is 11.6 Å². The summed E-state index contributed by atoms with van der Waals surface area (Å²) in [6.07, 6.45) is 5.21. The summed E-state index contributed by atoms with van der Waals surface area (Å²) in [7, 11) is 2.13. The third-order valence-corrected chi connectivity index (χ3v) is 3.65. The molecule has 1 fully saturated rings. The van der Waals surface area contributed by atoms with Gasteiger partial charge in [0.15, 0.2) is 0 Å². The van der Waals surface area contributed by atoms with Crippen LogP contribution in [0.2, 0.25) is 0 Å². The van der Waals surface area contributed by atoms with Crippen molar-refractivity contribution in [2.75, 3.05) is 17.7 Å². The molecule has 0 radical (unpaired) electrons. The van der Waals surface area contributed by atoms with E-state index in [2.05, 4.69) is 23.9 Å². The summed E-state index contributed by atoms with van der Waals surface area (Å²) >= 11 is 0. The Morgan fingerprint density at radius 2 is 1.94 bits per heavy atom. The number of hydrogen-bond acceptors (Lipinski definition) is 3. The number of aromatic nitrogens is 1. The van der Waals surface area contributed by atoms with Crippen LogP contribution < -0.4 is 10.6 Å². The fraction of sp³-hybridized carbons (Fsp3) is 0.615. The minimum absolute atomic E-state index is 0.605. The summed E-state index contributed by atoms with van der Waals surface area (Å²) in [5, 5.41) is 0. The number of nitrogens with zero attached hydrogens (tertiary/aromatic N) is 2. The largest absolute Gasteiger partial charge is 0.384 e. The van der Waals surface area contributed by atoms with Gasteiger partial charge in [-0.3, -0.25) is 0 Å². The van der Waals surface area contributed by atoms with Crippen LogP contribution in [0.1, 0.15) is 32.6 Å². The van der Waals surface area contributed by atoms with Crippen LogP contribution in [-0.4, -0.2) is 18.1 Å². The molecular formula is C13H21N3. The summed E-state index contributed by atoms with van der Waals surface area (Å²) in [6.45, 7) is 2.34. The first-order valence-corrected chi connectivity index (χ1v) is 6.12. The molecule has 0 spiro atoms. The lowest BCUT2D eigenvalue weighted by Gasteiger charge is -2.34. The standard InChI is InChI=1S/C13H21N3/c1-10-6-8-11(9-7-10)16(2)13-5-3-4-12(14)15-13/h3-5,10-11H,6-9H2,1-2H3,(H2,14,15). The van der Waals surface area contributed by atoms with E-state index in [4.69, 9.17) is 5.73 Å². The monoisotopic (exact) mass is 219 g/mol. The molecule has 1 aromatic rings. The Morgan fingerprint density at radius 3 is 2.56 bits per heavy atom. The first-order valence-electron chi connectivity index (χ1n) is 6.12. The van der Waals surface area contributed by atoms with Crippen LogP contribution in [0.15, 0.2) is 18.2 Å². The first kappa shape index (κ1) is 11.2. The van der Waals surface area contributed by atoms with Crippen molar-refractivity contribution in [1.82, 2.24) is 4.98 Å². The minimum Gasteiger partial charge on any atom is -0.384 e. The Morgan fingerprint density at radius 1 is 1.25 bits per heavy atom. The van der Waals surface area contributed by atoms with Crippen LogP contribution in [0.25, 0.3) is 0 Å². The molecule has 0 unspecified atom stereocenters. The number of nitrogens with two attached hydrogens (primary N) is 1. The van der Waals surface area contributed by atoms with Crippen molar-refractivity contribution in [1.29, 1.82) is 0 Å². The molecule has 0 amide bonds. The SMILES string of the molecule is CC1CCC(N(C)c2cccc(N)n2)CC1. The predicted molar refractivity (Wildman–Crippen MR) is 68.5 cm³/mol. The van der Waals surface area contributed by atoms with Crippen molar-refractivity contribution in [2.24, 2.45) is 5.92 Å². The molecule has 0 aromatic carbocycles. The Bertz CT molecular complexity index is 343. The van der Waals surface area contributed by atoms with Crippen molar-refractivity contribution in [3.8, 4) is 0 Å². The molecule has 1 aliphatic rings. The number of nitrogen functional groups attached to an aromatic ring is 1. The van der Waals surface area contributed by atoms with E-state index in [1.165, 1.54) is 25.7 Å². The normalized spacial score (nSPS) is 25.4. The first-order chi connectivity index (χ1) is 7.66. The molecule has 1 saturated carbocycles. The van der Waals surface area contributed by atoms with E-state index in [0.29, 0.717) is 11.9 Å². The second-order valence-electron chi connectivity index (χ2n) is 4.95. The zero-order chi connectivity index (χ0) is 11.5. The number of hydrogen-bond donors (Lipinski definition) is 1. The Hall–Kier alpha value is -1.25. The van der Waals surface area contributed by atoms with E-state index >= 15 is 0 Å². The molecule has 1 aliphatic carbocycles. The molecule has 0 saturated heterocycles. The molecule has 2 N–H and O–H groups in total. The summed E-state index contributed by atoms with van der Waals surface area (Å²) in [5.74, 6) is 2.49. The minimum atomic E-state index is 0.605. The summed E-state index contributed by atoms with van der Waals surface area (Å²) < 4.78 is 0. The Labute approximate surface area is 97.7 Å². The molecule has 16 heavy (non-hydrogen) atoms. The van der Waals surface area contributed by atoms with Gasteiger partial charge in [0.1, 0.15) is 11.6 Å². The highest BCUT2D eigenvalue weighted by molar-refractivity contribution is 5.44. The molecule has 2 rings (SSSR count). The van der Waals surface area contributed by atoms with Crippen LogP contribution in [0.3, 0.4) is 0 Å².